The molecule has 4 aliphatic carbocycles. The van der Waals surface area contributed by atoms with Gasteiger partial charge in [-0.3, -0.25) is 0 Å². The number of hydrogen-bond donors (Lipinski definition) is 6. The van der Waals surface area contributed by atoms with Crippen LogP contribution in [0, 0.1) is 34.5 Å². The summed E-state index contributed by atoms with van der Waals surface area (Å²) in [6.45, 7) is 9.90. The molecule has 4 aliphatic heterocycles. The van der Waals surface area contributed by atoms with Crippen molar-refractivity contribution in [2.24, 2.45) is 34.5 Å². The minimum Gasteiger partial charge on any atom is -0.458 e. The molecule has 8 aliphatic rings. The lowest BCUT2D eigenvalue weighted by atomic mass is 9.42. The second-order valence-electron chi connectivity index (χ2n) is 18.8. The van der Waals surface area contributed by atoms with Crippen LogP contribution in [0.5, 0.6) is 0 Å². The van der Waals surface area contributed by atoms with Gasteiger partial charge in [0.1, 0.15) is 24.9 Å². The number of aliphatic hydroxyl groups excluding tert-OH is 5. The number of cyclic esters (lactones) is 1. The first-order valence-electron chi connectivity index (χ1n) is 20.9. The number of rotatable bonds is 7. The van der Waals surface area contributed by atoms with Gasteiger partial charge in [0.2, 0.25) is 0 Å². The highest BCUT2D eigenvalue weighted by atomic mass is 16.7. The summed E-state index contributed by atoms with van der Waals surface area (Å²) in [7, 11) is 0. The molecule has 21 atom stereocenters. The van der Waals surface area contributed by atoms with Crippen LogP contribution in [0.3, 0.4) is 0 Å². The van der Waals surface area contributed by atoms with Gasteiger partial charge in [-0.1, -0.05) is 13.8 Å². The summed E-state index contributed by atoms with van der Waals surface area (Å²) in [6.07, 6.45) is -1.51. The van der Waals surface area contributed by atoms with Crippen LogP contribution in [0.15, 0.2) is 11.6 Å². The summed E-state index contributed by atoms with van der Waals surface area (Å²) < 4.78 is 42.1. The van der Waals surface area contributed by atoms with Gasteiger partial charge in [-0.05, 0) is 107 Å². The van der Waals surface area contributed by atoms with Crippen molar-refractivity contribution in [2.75, 3.05) is 6.61 Å². The molecule has 12 unspecified atom stereocenters. The Morgan fingerprint density at radius 3 is 1.87 bits per heavy atom. The Balaban J connectivity index is 0.837. The predicted molar refractivity (Wildman–Crippen MR) is 193 cm³/mol. The third-order valence-electron chi connectivity index (χ3n) is 16.0. The molecule has 0 amide bonds. The first-order valence-corrected chi connectivity index (χ1v) is 20.9. The lowest BCUT2D eigenvalue weighted by Crippen LogP contribution is -2.67. The fourth-order valence-electron chi connectivity index (χ4n) is 12.8. The molecule has 0 radical (unpaired) electrons. The molecule has 0 aromatic heterocycles. The molecule has 4 heterocycles. The minimum absolute atomic E-state index is 0.0452. The van der Waals surface area contributed by atoms with Gasteiger partial charge >= 0.3 is 5.97 Å². The van der Waals surface area contributed by atoms with Crippen LogP contribution in [-0.4, -0.2) is 135 Å². The second kappa shape index (κ2) is 15.1. The van der Waals surface area contributed by atoms with Gasteiger partial charge in [-0.25, -0.2) is 4.79 Å². The van der Waals surface area contributed by atoms with Crippen molar-refractivity contribution in [3.8, 4) is 0 Å². The Bertz CT molecular complexity index is 1410. The van der Waals surface area contributed by atoms with E-state index in [1.54, 1.807) is 19.9 Å². The molecule has 55 heavy (non-hydrogen) atoms. The van der Waals surface area contributed by atoms with Gasteiger partial charge in [0.25, 0.3) is 0 Å². The molecule has 6 N–H and O–H groups in total. The Morgan fingerprint density at radius 1 is 0.691 bits per heavy atom. The topological polar surface area (TPSA) is 203 Å². The summed E-state index contributed by atoms with van der Waals surface area (Å²) in [5.74, 6) is 0.204. The van der Waals surface area contributed by atoms with E-state index in [9.17, 15) is 35.4 Å². The lowest BCUT2D eigenvalue weighted by Gasteiger charge is -2.65. The van der Waals surface area contributed by atoms with Gasteiger partial charge in [0.05, 0.1) is 54.4 Å². The number of carbonyl (C=O) groups is 1. The third-order valence-corrected chi connectivity index (χ3v) is 16.0. The monoisotopic (exact) mass is 780 g/mol. The molecule has 4 saturated carbocycles. The number of esters is 1. The summed E-state index contributed by atoms with van der Waals surface area (Å²) in [5, 5.41) is 66.9. The van der Waals surface area contributed by atoms with Crippen LogP contribution < -0.4 is 0 Å². The van der Waals surface area contributed by atoms with Crippen LogP contribution >= 0.6 is 0 Å². The van der Waals surface area contributed by atoms with Gasteiger partial charge in [-0.15, -0.1) is 0 Å². The zero-order valence-corrected chi connectivity index (χ0v) is 32.9. The summed E-state index contributed by atoms with van der Waals surface area (Å²) in [6, 6.07) is 0. The summed E-state index contributed by atoms with van der Waals surface area (Å²) in [4.78, 5) is 11.9. The molecule has 0 aromatic rings. The quantitative estimate of drug-likeness (QED) is 0.162. The standard InChI is InChI=1S/C41H64O14/c1-19-36(47)28(42)15-34(50-19)54-38-21(3)52-35(17-30(38)44)55-37-20(2)51-33(16-29(37)43)53-24-8-10-39(4)23(13-24)6-7-26-27(39)14-31(45)40(5)25(9-11-41(26,40)48)22-12-32(46)49-18-22/h12,19-21,23-31,33-38,42-45,47-48H,6-11,13-18H2,1-5H3/t19?,20?,21?,23-,24+,25-,26-,27+,28?,29?,30?,31-,33?,34?,35?,36?,37?,38?,39+,40+,41+/m0/s1. The Morgan fingerprint density at radius 2 is 1.29 bits per heavy atom. The normalized spacial score (nSPS) is 55.5. The van der Waals surface area contributed by atoms with E-state index in [2.05, 4.69) is 6.92 Å². The Labute approximate surface area is 323 Å². The van der Waals surface area contributed by atoms with E-state index >= 15 is 0 Å². The molecule has 0 aromatic carbocycles. The summed E-state index contributed by atoms with van der Waals surface area (Å²) >= 11 is 0. The van der Waals surface area contributed by atoms with E-state index in [1.165, 1.54) is 0 Å². The van der Waals surface area contributed by atoms with Crippen molar-refractivity contribution in [2.45, 2.75) is 197 Å². The van der Waals surface area contributed by atoms with Gasteiger partial charge < -0.3 is 63.8 Å². The van der Waals surface area contributed by atoms with Crippen LogP contribution in [0.1, 0.15) is 105 Å². The number of aliphatic hydroxyl groups is 6. The number of hydrogen-bond acceptors (Lipinski definition) is 14. The maximum absolute atomic E-state index is 12.6. The molecule has 312 valence electrons. The highest BCUT2D eigenvalue weighted by Crippen LogP contribution is 2.70. The van der Waals surface area contributed by atoms with Crippen LogP contribution in [-0.2, 0) is 38.0 Å². The van der Waals surface area contributed by atoms with Crippen molar-refractivity contribution in [1.29, 1.82) is 0 Å². The zero-order chi connectivity index (χ0) is 39.2. The average molecular weight is 781 g/mol. The van der Waals surface area contributed by atoms with Gasteiger partial charge in [0, 0.05) is 30.8 Å². The smallest absolute Gasteiger partial charge is 0.331 e. The largest absolute Gasteiger partial charge is 0.458 e. The molecule has 14 heteroatoms. The highest BCUT2D eigenvalue weighted by molar-refractivity contribution is 5.85. The molecular weight excluding hydrogens is 716 g/mol. The van der Waals surface area contributed by atoms with Crippen LogP contribution in [0.25, 0.3) is 0 Å². The van der Waals surface area contributed by atoms with E-state index in [0.717, 1.165) is 44.1 Å². The molecule has 3 saturated heterocycles. The van der Waals surface area contributed by atoms with E-state index < -0.39 is 90.9 Å². The van der Waals surface area contributed by atoms with E-state index in [0.29, 0.717) is 18.8 Å². The minimum atomic E-state index is -1.01. The van der Waals surface area contributed by atoms with Gasteiger partial charge in [0.15, 0.2) is 18.9 Å². The fraction of sp³-hybridized carbons (Fsp3) is 0.927. The van der Waals surface area contributed by atoms with Gasteiger partial charge in [-0.2, -0.15) is 0 Å². The van der Waals surface area contributed by atoms with Crippen LogP contribution in [0.2, 0.25) is 0 Å². The average Bonchev–Trinajstić information content (AvgIpc) is 3.67. The fourth-order valence-corrected chi connectivity index (χ4v) is 12.8. The number of carbonyl (C=O) groups excluding carboxylic acids is 1. The first kappa shape index (κ1) is 40.5. The van der Waals surface area contributed by atoms with Crippen molar-refractivity contribution in [3.05, 3.63) is 11.6 Å². The van der Waals surface area contributed by atoms with Crippen molar-refractivity contribution < 1.29 is 68.6 Å². The predicted octanol–water partition coefficient (Wildman–Crippen LogP) is 2.22. The zero-order valence-electron chi connectivity index (χ0n) is 32.9. The SMILES string of the molecule is CC1OC(OC2C(O)CC(OC3C(O)CC(O[C@@H]4CC[C@]5(C)[C@@H](CC[C@H]6[C@H]5C[C@H](O)[C@@]5(C)[C@H](C7=CC(=O)OC7)CC[C@@]65O)C4)OC3C)OC2C)CC(O)C1O. The first-order chi connectivity index (χ1) is 26.0. The van der Waals surface area contributed by atoms with E-state index in [4.69, 9.17) is 33.2 Å². The molecule has 0 bridgehead atoms. The highest BCUT2D eigenvalue weighted by Gasteiger charge is 2.71. The maximum atomic E-state index is 12.6. The third kappa shape index (κ3) is 6.95. The van der Waals surface area contributed by atoms with Crippen molar-refractivity contribution >= 4 is 5.97 Å². The van der Waals surface area contributed by atoms with Crippen molar-refractivity contribution in [3.63, 3.8) is 0 Å². The Kier molecular flexibility index (Phi) is 11.1. The van der Waals surface area contributed by atoms with E-state index in [-0.39, 0.29) is 61.1 Å². The van der Waals surface area contributed by atoms with E-state index in [1.807, 2.05) is 13.8 Å². The molecule has 8 rings (SSSR count). The lowest BCUT2D eigenvalue weighted by molar-refractivity contribution is -0.336. The summed E-state index contributed by atoms with van der Waals surface area (Å²) in [5.41, 5.74) is -0.892. The maximum Gasteiger partial charge on any atom is 0.331 e. The molecule has 7 fully saturated rings. The molecule has 14 nitrogen and oxygen atoms in total. The second-order valence-corrected chi connectivity index (χ2v) is 18.8. The molecular formula is C41H64O14. The number of fused-ring (bicyclic) bond motifs is 5. The van der Waals surface area contributed by atoms with Crippen LogP contribution in [0.4, 0.5) is 0 Å². The van der Waals surface area contributed by atoms with Crippen molar-refractivity contribution in [1.82, 2.24) is 0 Å². The molecule has 0 spiro atoms. The number of ether oxygens (including phenoxy) is 7. The Hall–Kier alpha value is -1.27.